The second-order valence-electron chi connectivity index (χ2n) is 11.9. The van der Waals surface area contributed by atoms with Crippen molar-refractivity contribution in [3.05, 3.63) is 35.3 Å². The average Bonchev–Trinajstić information content (AvgIpc) is 3.30. The van der Waals surface area contributed by atoms with Gasteiger partial charge in [-0.15, -0.1) is 0 Å². The summed E-state index contributed by atoms with van der Waals surface area (Å²) in [7, 11) is -8.65. The minimum Gasteiger partial charge on any atom is -0.388 e. The number of aromatic nitrogens is 7. The Bertz CT molecular complexity index is 2060. The summed E-state index contributed by atoms with van der Waals surface area (Å²) in [6, 6.07) is 0.928. The number of imidazole rings is 1. The van der Waals surface area contributed by atoms with Crippen molar-refractivity contribution in [2.45, 2.75) is 49.2 Å². The van der Waals surface area contributed by atoms with Crippen molar-refractivity contribution in [2.75, 3.05) is 31.8 Å². The summed E-state index contributed by atoms with van der Waals surface area (Å²) in [6.07, 6.45) is -3.51. The molecule has 2 aliphatic heterocycles. The number of phosphoric ester groups is 2. The number of phosphoric acid groups is 2. The number of aromatic amines is 1. The topological polar surface area (TPSA) is 297 Å². The Hall–Kier alpha value is -3.33. The number of nitrogens with two attached hydrogens (primary N) is 2. The molecule has 4 aromatic heterocycles. The lowest BCUT2D eigenvalue weighted by atomic mass is 10.0. The van der Waals surface area contributed by atoms with E-state index in [0.29, 0.717) is 11.0 Å². The van der Waals surface area contributed by atoms with Crippen molar-refractivity contribution in [1.29, 1.82) is 0 Å². The van der Waals surface area contributed by atoms with Gasteiger partial charge in [0.1, 0.15) is 48.3 Å². The predicted molar refractivity (Wildman–Crippen MR) is 156 cm³/mol. The van der Waals surface area contributed by atoms with Gasteiger partial charge in [-0.25, -0.2) is 24.1 Å². The first-order chi connectivity index (χ1) is 22.3. The molecule has 8 rings (SSSR count). The third-order valence-corrected chi connectivity index (χ3v) is 11.3. The Labute approximate surface area is 263 Å². The van der Waals surface area contributed by atoms with Crippen LogP contribution in [0.1, 0.15) is 18.7 Å². The largest absolute Gasteiger partial charge is 0.472 e. The molecule has 2 bridgehead atoms. The molecule has 0 amide bonds. The highest BCUT2D eigenvalue weighted by Crippen LogP contribution is 2.72. The summed E-state index contributed by atoms with van der Waals surface area (Å²) < 4.78 is 63.7. The van der Waals surface area contributed by atoms with Crippen LogP contribution in [-0.4, -0.2) is 99.8 Å². The predicted octanol–water partition coefficient (Wildman–Crippen LogP) is -0.419. The molecular weight excluding hydrogens is 668 g/mol. The first kappa shape index (κ1) is 31.0. The van der Waals surface area contributed by atoms with Crippen LogP contribution in [0.25, 0.3) is 22.2 Å². The normalized spacial score (nSPS) is 40.4. The number of nitrogens with one attached hydrogen (secondary N) is 1. The van der Waals surface area contributed by atoms with Crippen LogP contribution in [-0.2, 0) is 36.7 Å². The molecule has 252 valence electrons. The van der Waals surface area contributed by atoms with Gasteiger partial charge in [0.15, 0.2) is 17.4 Å². The number of fused-ring (bicyclic) bond motifs is 4. The number of hydrogen-bond donors (Lipinski definition) is 6. The fourth-order valence-electron chi connectivity index (χ4n) is 7.22. The summed E-state index contributed by atoms with van der Waals surface area (Å²) >= 11 is 0. The van der Waals surface area contributed by atoms with Crippen LogP contribution in [0.15, 0.2) is 29.7 Å². The van der Waals surface area contributed by atoms with Crippen LogP contribution in [0.3, 0.4) is 0 Å². The Balaban J connectivity index is 1.15. The summed E-state index contributed by atoms with van der Waals surface area (Å²) in [4.78, 5) is 53.1. The van der Waals surface area contributed by atoms with E-state index in [4.69, 9.17) is 39.0 Å². The highest BCUT2D eigenvalue weighted by atomic mass is 31.2. The molecule has 4 aliphatic rings. The molecule has 2 saturated carbocycles. The van der Waals surface area contributed by atoms with E-state index in [1.54, 1.807) is 16.8 Å². The number of H-pyrrole nitrogens is 1. The molecule has 23 heteroatoms. The van der Waals surface area contributed by atoms with Crippen LogP contribution < -0.4 is 17.0 Å². The maximum absolute atomic E-state index is 13.6. The number of methoxy groups -OCH3 is 1. The molecule has 0 aromatic carbocycles. The second kappa shape index (κ2) is 10.6. The Morgan fingerprint density at radius 2 is 1.89 bits per heavy atom. The SMILES string of the molecule is CO[C@H]1[C@H]2OP(=O)(O)OC[C@@]34C[C@@H]3[C@@H](n3ccc5c(N)ncnc53)[C@H](O)[C@@H]4OP(=O)(O)OC[C@H]1O[C@H]2n1cnc2c(=O)[nH]c(N)nc21. The fourth-order valence-corrected chi connectivity index (χ4v) is 9.24. The Morgan fingerprint density at radius 1 is 1.11 bits per heavy atom. The number of rotatable bonds is 3. The van der Waals surface area contributed by atoms with Crippen molar-refractivity contribution in [2.24, 2.45) is 11.3 Å². The molecule has 2 saturated heterocycles. The maximum atomic E-state index is 13.6. The van der Waals surface area contributed by atoms with Crippen molar-refractivity contribution >= 4 is 49.6 Å². The summed E-state index contributed by atoms with van der Waals surface area (Å²) in [5.74, 6) is -0.460. The summed E-state index contributed by atoms with van der Waals surface area (Å²) in [5.41, 5.74) is 10.2. The van der Waals surface area contributed by atoms with Crippen molar-refractivity contribution in [3.8, 4) is 0 Å². The van der Waals surface area contributed by atoms with E-state index in [1.165, 1.54) is 24.3 Å². The van der Waals surface area contributed by atoms with Gasteiger partial charge in [-0.3, -0.25) is 32.4 Å². The number of nitrogen functional groups attached to an aromatic ring is 2. The van der Waals surface area contributed by atoms with E-state index >= 15 is 0 Å². The van der Waals surface area contributed by atoms with Gasteiger partial charge in [-0.2, -0.15) is 4.98 Å². The van der Waals surface area contributed by atoms with E-state index < -0.39 is 88.5 Å². The smallest absolute Gasteiger partial charge is 0.388 e. The van der Waals surface area contributed by atoms with Gasteiger partial charge in [0.2, 0.25) is 5.95 Å². The highest BCUT2D eigenvalue weighted by molar-refractivity contribution is 7.47. The second-order valence-corrected chi connectivity index (χ2v) is 14.7. The molecular formula is C24H29N9O12P2. The van der Waals surface area contributed by atoms with Gasteiger partial charge in [0.25, 0.3) is 5.56 Å². The van der Waals surface area contributed by atoms with Crippen molar-refractivity contribution in [1.82, 2.24) is 34.1 Å². The number of ether oxygens (including phenoxy) is 2. The van der Waals surface area contributed by atoms with Crippen molar-refractivity contribution < 1.29 is 51.6 Å². The molecule has 4 aromatic rings. The number of anilines is 2. The molecule has 2 unspecified atom stereocenters. The molecule has 4 fully saturated rings. The lowest BCUT2D eigenvalue weighted by Gasteiger charge is -2.30. The van der Waals surface area contributed by atoms with Crippen LogP contribution in [0, 0.1) is 11.3 Å². The quantitative estimate of drug-likeness (QED) is 0.148. The summed E-state index contributed by atoms with van der Waals surface area (Å²) in [5, 5.41) is 12.1. The highest BCUT2D eigenvalue weighted by Gasteiger charge is 2.74. The standard InChI is InChI=1S/C24H29N9O12P2/c1-40-15-11-5-41-46(36,37)45-17-14(34)13(32-3-2-9-18(25)27-7-28-19(9)32)10-4-24(10,17)6-42-47(38,39)44-16(15)22(43-11)33-8-29-12-20(33)30-23(26)31-21(12)35/h2-3,7-8,10-11,13-17,22,34H,4-6H2,1H3,(H,36,37)(H,38,39)(H2,25,27,28)(H3,26,30,31,35)/t10-,11-,13-,14+,15-,16-,17+,22-,24+/m1/s1. The molecule has 8 N–H and O–H groups in total. The Morgan fingerprint density at radius 3 is 2.68 bits per heavy atom. The average molecular weight is 697 g/mol. The first-order valence-corrected chi connectivity index (χ1v) is 17.3. The third kappa shape index (κ3) is 4.85. The van der Waals surface area contributed by atoms with Gasteiger partial charge < -0.3 is 40.4 Å². The van der Waals surface area contributed by atoms with E-state index in [9.17, 15) is 28.8 Å². The number of nitrogens with zero attached hydrogens (tertiary/aromatic N) is 6. The van der Waals surface area contributed by atoms with Gasteiger partial charge >= 0.3 is 15.6 Å². The van der Waals surface area contributed by atoms with Gasteiger partial charge in [-0.1, -0.05) is 0 Å². The van der Waals surface area contributed by atoms with Crippen molar-refractivity contribution in [3.63, 3.8) is 0 Å². The number of hydrogen-bond acceptors (Lipinski definition) is 16. The zero-order valence-corrected chi connectivity index (χ0v) is 26.1. The van der Waals surface area contributed by atoms with E-state index in [2.05, 4.69) is 24.9 Å². The van der Waals surface area contributed by atoms with Crippen LogP contribution >= 0.6 is 15.6 Å². The monoisotopic (exact) mass is 697 g/mol. The third-order valence-electron chi connectivity index (χ3n) is 9.36. The van der Waals surface area contributed by atoms with Crippen LogP contribution in [0.4, 0.5) is 11.8 Å². The molecule has 21 nitrogen and oxygen atoms in total. The van der Waals surface area contributed by atoms with Crippen LogP contribution in [0.2, 0.25) is 0 Å². The lowest BCUT2D eigenvalue weighted by molar-refractivity contribution is -0.0678. The number of aliphatic hydroxyl groups excluding tert-OH is 1. The summed E-state index contributed by atoms with van der Waals surface area (Å²) in [6.45, 7) is -1.14. The molecule has 6 heterocycles. The molecule has 0 radical (unpaired) electrons. The van der Waals surface area contributed by atoms with E-state index in [0.717, 1.165) is 0 Å². The van der Waals surface area contributed by atoms with Gasteiger partial charge in [-0.05, 0) is 18.4 Å². The van der Waals surface area contributed by atoms with Gasteiger partial charge in [0.05, 0.1) is 31.0 Å². The molecule has 1 spiro atoms. The van der Waals surface area contributed by atoms with E-state index in [1.807, 2.05) is 0 Å². The molecule has 11 atom stereocenters. The Kier molecular flexibility index (Phi) is 6.97. The minimum absolute atomic E-state index is 0.0367. The van der Waals surface area contributed by atoms with Gasteiger partial charge in [0, 0.05) is 18.7 Å². The van der Waals surface area contributed by atoms with Crippen LogP contribution in [0.5, 0.6) is 0 Å². The van der Waals surface area contributed by atoms with E-state index in [-0.39, 0.29) is 29.4 Å². The zero-order valence-electron chi connectivity index (χ0n) is 24.3. The molecule has 2 aliphatic carbocycles. The minimum atomic E-state index is -4.97. The first-order valence-electron chi connectivity index (χ1n) is 14.3. The maximum Gasteiger partial charge on any atom is 0.472 e. The fraction of sp³-hybridized carbons (Fsp3) is 0.542. The molecule has 47 heavy (non-hydrogen) atoms. The lowest BCUT2D eigenvalue weighted by Crippen LogP contribution is -2.38. The number of aliphatic hydroxyl groups is 1. The zero-order chi connectivity index (χ0) is 33.0.